The van der Waals surface area contributed by atoms with Crippen molar-refractivity contribution in [2.45, 2.75) is 26.2 Å². The van der Waals surface area contributed by atoms with Gasteiger partial charge in [0.15, 0.2) is 5.96 Å². The van der Waals surface area contributed by atoms with Gasteiger partial charge in [-0.15, -0.1) is 0 Å². The van der Waals surface area contributed by atoms with Gasteiger partial charge in [0, 0.05) is 30.1 Å². The van der Waals surface area contributed by atoms with Gasteiger partial charge in [-0.05, 0) is 24.6 Å². The Balaban J connectivity index is 2.74. The minimum Gasteiger partial charge on any atom is -0.357 e. The van der Waals surface area contributed by atoms with Gasteiger partial charge in [-0.3, -0.25) is 4.99 Å². The summed E-state index contributed by atoms with van der Waals surface area (Å²) in [6.45, 7) is 7.64. The topological polar surface area (TPSA) is 82.6 Å². The SMILES string of the molecule is CCNC(=NCC(C)(C)c1ccc(F)cc1Cl)NCCNS(C)(=O)=O. The molecule has 0 heterocycles. The Labute approximate surface area is 154 Å². The van der Waals surface area contributed by atoms with Crippen molar-refractivity contribution in [1.82, 2.24) is 15.4 Å². The highest BCUT2D eigenvalue weighted by Gasteiger charge is 2.23. The van der Waals surface area contributed by atoms with E-state index in [-0.39, 0.29) is 12.4 Å². The van der Waals surface area contributed by atoms with Gasteiger partial charge in [0.05, 0.1) is 12.8 Å². The van der Waals surface area contributed by atoms with E-state index in [1.165, 1.54) is 12.1 Å². The van der Waals surface area contributed by atoms with Crippen molar-refractivity contribution in [3.8, 4) is 0 Å². The molecule has 1 rings (SSSR count). The molecule has 0 fully saturated rings. The first-order valence-corrected chi connectivity index (χ1v) is 10.2. The molecule has 0 atom stereocenters. The van der Waals surface area contributed by atoms with Crippen LogP contribution in [0.15, 0.2) is 23.2 Å². The molecular weight excluding hydrogens is 367 g/mol. The first-order chi connectivity index (χ1) is 11.5. The van der Waals surface area contributed by atoms with Crippen LogP contribution in [0, 0.1) is 5.82 Å². The molecule has 0 radical (unpaired) electrons. The number of sulfonamides is 1. The first-order valence-electron chi connectivity index (χ1n) is 7.97. The van der Waals surface area contributed by atoms with Crippen molar-refractivity contribution in [3.63, 3.8) is 0 Å². The van der Waals surface area contributed by atoms with E-state index in [9.17, 15) is 12.8 Å². The summed E-state index contributed by atoms with van der Waals surface area (Å²) < 4.78 is 37.7. The quantitative estimate of drug-likeness (QED) is 0.358. The lowest BCUT2D eigenvalue weighted by atomic mass is 9.84. The van der Waals surface area contributed by atoms with Crippen molar-refractivity contribution in [2.75, 3.05) is 32.4 Å². The summed E-state index contributed by atoms with van der Waals surface area (Å²) in [5.41, 5.74) is 0.423. The molecule has 3 N–H and O–H groups in total. The second-order valence-corrected chi connectivity index (χ2v) is 8.54. The van der Waals surface area contributed by atoms with Crippen LogP contribution in [0.2, 0.25) is 5.02 Å². The average molecular weight is 393 g/mol. The van der Waals surface area contributed by atoms with E-state index in [1.54, 1.807) is 6.07 Å². The van der Waals surface area contributed by atoms with E-state index in [1.807, 2.05) is 20.8 Å². The summed E-state index contributed by atoms with van der Waals surface area (Å²) >= 11 is 6.15. The van der Waals surface area contributed by atoms with Crippen molar-refractivity contribution < 1.29 is 12.8 Å². The van der Waals surface area contributed by atoms with Gasteiger partial charge < -0.3 is 10.6 Å². The third-order valence-corrected chi connectivity index (χ3v) is 4.46. The van der Waals surface area contributed by atoms with Gasteiger partial charge in [0.2, 0.25) is 10.0 Å². The van der Waals surface area contributed by atoms with Crippen molar-refractivity contribution >= 4 is 27.6 Å². The van der Waals surface area contributed by atoms with Crippen LogP contribution in [0.3, 0.4) is 0 Å². The minimum absolute atomic E-state index is 0.260. The zero-order valence-electron chi connectivity index (χ0n) is 15.0. The molecule has 0 aliphatic rings. The van der Waals surface area contributed by atoms with Crippen LogP contribution in [0.1, 0.15) is 26.3 Å². The first kappa shape index (κ1) is 21.7. The fourth-order valence-corrected chi connectivity index (χ4v) is 3.06. The molecular formula is C16H26ClFN4O2S. The molecule has 6 nitrogen and oxygen atoms in total. The molecule has 0 bridgehead atoms. The molecule has 9 heteroatoms. The zero-order chi connectivity index (χ0) is 19.1. The van der Waals surface area contributed by atoms with Gasteiger partial charge in [0.1, 0.15) is 5.82 Å². The number of hydrogen-bond donors (Lipinski definition) is 3. The highest BCUT2D eigenvalue weighted by atomic mass is 35.5. The smallest absolute Gasteiger partial charge is 0.208 e. The minimum atomic E-state index is -3.21. The Hall–Kier alpha value is -1.38. The summed E-state index contributed by atoms with van der Waals surface area (Å²) in [6, 6.07) is 4.35. The van der Waals surface area contributed by atoms with Crippen LogP contribution in [0.25, 0.3) is 0 Å². The molecule has 0 unspecified atom stereocenters. The standard InChI is InChI=1S/C16H26ClFN4O2S/c1-5-19-15(20-8-9-22-25(4,23)24)21-11-16(2,3)13-7-6-12(18)10-14(13)17/h6-7,10,22H,5,8-9,11H2,1-4H3,(H2,19,20,21). The highest BCUT2D eigenvalue weighted by Crippen LogP contribution is 2.30. The van der Waals surface area contributed by atoms with E-state index in [0.29, 0.717) is 30.6 Å². The molecule has 0 spiro atoms. The third kappa shape index (κ3) is 8.02. The van der Waals surface area contributed by atoms with Crippen LogP contribution in [-0.2, 0) is 15.4 Å². The third-order valence-electron chi connectivity index (χ3n) is 3.42. The summed E-state index contributed by atoms with van der Waals surface area (Å²) in [5, 5.41) is 6.53. The lowest BCUT2D eigenvalue weighted by Crippen LogP contribution is -2.42. The van der Waals surface area contributed by atoms with E-state index in [0.717, 1.165) is 11.8 Å². The lowest BCUT2D eigenvalue weighted by Gasteiger charge is -2.25. The molecule has 1 aromatic carbocycles. The van der Waals surface area contributed by atoms with Gasteiger partial charge in [-0.25, -0.2) is 17.5 Å². The summed E-state index contributed by atoms with van der Waals surface area (Å²) in [6.07, 6.45) is 1.11. The second-order valence-electron chi connectivity index (χ2n) is 6.30. The number of nitrogens with zero attached hydrogens (tertiary/aromatic N) is 1. The van der Waals surface area contributed by atoms with Crippen LogP contribution in [0.4, 0.5) is 4.39 Å². The molecule has 25 heavy (non-hydrogen) atoms. The van der Waals surface area contributed by atoms with E-state index < -0.39 is 15.4 Å². The second kappa shape index (κ2) is 9.35. The molecule has 0 saturated carbocycles. The van der Waals surface area contributed by atoms with Gasteiger partial charge in [-0.1, -0.05) is 31.5 Å². The van der Waals surface area contributed by atoms with Crippen LogP contribution >= 0.6 is 11.6 Å². The monoisotopic (exact) mass is 392 g/mol. The summed E-state index contributed by atoms with van der Waals surface area (Å²) in [5.74, 6) is 0.200. The maximum atomic E-state index is 13.2. The van der Waals surface area contributed by atoms with Gasteiger partial charge in [-0.2, -0.15) is 0 Å². The molecule has 0 amide bonds. The Morgan fingerprint density at radius 2 is 1.96 bits per heavy atom. The van der Waals surface area contributed by atoms with Crippen molar-refractivity contribution in [3.05, 3.63) is 34.6 Å². The Bertz CT molecular complexity index is 708. The summed E-state index contributed by atoms with van der Waals surface area (Å²) in [4.78, 5) is 4.52. The number of nitrogens with one attached hydrogen (secondary N) is 3. The van der Waals surface area contributed by atoms with Gasteiger partial charge >= 0.3 is 0 Å². The van der Waals surface area contributed by atoms with Crippen molar-refractivity contribution in [2.24, 2.45) is 4.99 Å². The van der Waals surface area contributed by atoms with Crippen LogP contribution in [0.5, 0.6) is 0 Å². The largest absolute Gasteiger partial charge is 0.357 e. The highest BCUT2D eigenvalue weighted by molar-refractivity contribution is 7.88. The molecule has 0 saturated heterocycles. The number of rotatable bonds is 8. The number of guanidine groups is 1. The summed E-state index contributed by atoms with van der Waals surface area (Å²) in [7, 11) is -3.21. The number of hydrogen-bond acceptors (Lipinski definition) is 3. The molecule has 142 valence electrons. The van der Waals surface area contributed by atoms with E-state index in [2.05, 4.69) is 20.3 Å². The van der Waals surface area contributed by atoms with Gasteiger partial charge in [0.25, 0.3) is 0 Å². The Morgan fingerprint density at radius 3 is 2.52 bits per heavy atom. The fraction of sp³-hybridized carbons (Fsp3) is 0.562. The normalized spacial score (nSPS) is 13.0. The maximum absolute atomic E-state index is 13.2. The fourth-order valence-electron chi connectivity index (χ4n) is 2.16. The molecule has 1 aromatic rings. The van der Waals surface area contributed by atoms with Crippen LogP contribution < -0.4 is 15.4 Å². The molecule has 0 aromatic heterocycles. The number of benzene rings is 1. The average Bonchev–Trinajstić information content (AvgIpc) is 2.47. The number of aliphatic imine (C=N–C) groups is 1. The lowest BCUT2D eigenvalue weighted by molar-refractivity contribution is 0.534. The Morgan fingerprint density at radius 1 is 1.28 bits per heavy atom. The predicted molar refractivity (Wildman–Crippen MR) is 101 cm³/mol. The zero-order valence-corrected chi connectivity index (χ0v) is 16.6. The van der Waals surface area contributed by atoms with Crippen molar-refractivity contribution in [1.29, 1.82) is 0 Å². The maximum Gasteiger partial charge on any atom is 0.208 e. The van der Waals surface area contributed by atoms with E-state index >= 15 is 0 Å². The van der Waals surface area contributed by atoms with Crippen LogP contribution in [-0.4, -0.2) is 46.8 Å². The number of halogens is 2. The Kier molecular flexibility index (Phi) is 8.11. The predicted octanol–water partition coefficient (Wildman–Crippen LogP) is 1.86. The van der Waals surface area contributed by atoms with E-state index in [4.69, 9.17) is 11.6 Å². The molecule has 0 aliphatic heterocycles. The molecule has 0 aliphatic carbocycles.